The SMILES string of the molecule is Cc1cc(C)cc(CC(C)(CNCC(C)C)C(C)C)c1. The number of nitrogens with one attached hydrogen (secondary N) is 1. The summed E-state index contributed by atoms with van der Waals surface area (Å²) in [5, 5.41) is 3.66. The first-order chi connectivity index (χ1) is 9.23. The monoisotopic (exact) mass is 275 g/mol. The van der Waals surface area contributed by atoms with Gasteiger partial charge in [-0.2, -0.15) is 0 Å². The molecule has 1 aromatic rings. The zero-order chi connectivity index (χ0) is 15.3. The quantitative estimate of drug-likeness (QED) is 0.757. The molecule has 0 aliphatic heterocycles. The molecule has 0 amide bonds. The highest BCUT2D eigenvalue weighted by Gasteiger charge is 2.28. The molecule has 0 fully saturated rings. The van der Waals surface area contributed by atoms with E-state index in [-0.39, 0.29) is 0 Å². The van der Waals surface area contributed by atoms with Crippen LogP contribution in [0, 0.1) is 31.1 Å². The maximum atomic E-state index is 3.66. The third-order valence-electron chi connectivity index (χ3n) is 4.36. The van der Waals surface area contributed by atoms with Gasteiger partial charge in [0.15, 0.2) is 0 Å². The molecule has 1 unspecified atom stereocenters. The summed E-state index contributed by atoms with van der Waals surface area (Å²) in [6.07, 6.45) is 1.15. The zero-order valence-electron chi connectivity index (χ0n) is 14.5. The molecule has 114 valence electrons. The average molecular weight is 275 g/mol. The molecule has 20 heavy (non-hydrogen) atoms. The second-order valence-electron chi connectivity index (χ2n) is 7.51. The fourth-order valence-electron chi connectivity index (χ4n) is 2.75. The lowest BCUT2D eigenvalue weighted by molar-refractivity contribution is 0.205. The van der Waals surface area contributed by atoms with E-state index in [0.29, 0.717) is 17.3 Å². The Hall–Kier alpha value is -0.820. The minimum atomic E-state index is 0.315. The first kappa shape index (κ1) is 17.2. The minimum Gasteiger partial charge on any atom is -0.316 e. The van der Waals surface area contributed by atoms with Gasteiger partial charge in [0.25, 0.3) is 0 Å². The Labute approximate surface area is 126 Å². The van der Waals surface area contributed by atoms with E-state index in [4.69, 9.17) is 0 Å². The molecule has 0 bridgehead atoms. The standard InChI is InChI=1S/C19H33N/c1-14(2)12-20-13-19(7,15(3)4)11-18-9-16(5)8-17(6)10-18/h8-10,14-15,20H,11-13H2,1-7H3. The molecule has 1 rings (SSSR count). The summed E-state index contributed by atoms with van der Waals surface area (Å²) in [7, 11) is 0. The van der Waals surface area contributed by atoms with E-state index in [2.05, 4.69) is 72.0 Å². The van der Waals surface area contributed by atoms with Crippen LogP contribution in [0.2, 0.25) is 0 Å². The highest BCUT2D eigenvalue weighted by atomic mass is 14.9. The molecule has 0 saturated carbocycles. The molecule has 1 aromatic carbocycles. The van der Waals surface area contributed by atoms with Crippen molar-refractivity contribution in [1.29, 1.82) is 0 Å². The van der Waals surface area contributed by atoms with Crippen molar-refractivity contribution in [3.63, 3.8) is 0 Å². The number of hydrogen-bond acceptors (Lipinski definition) is 1. The molecule has 0 aliphatic carbocycles. The largest absolute Gasteiger partial charge is 0.316 e. The predicted octanol–water partition coefficient (Wildman–Crippen LogP) is 4.75. The Balaban J connectivity index is 2.79. The van der Waals surface area contributed by atoms with Crippen molar-refractivity contribution in [2.24, 2.45) is 17.3 Å². The number of rotatable bonds is 7. The van der Waals surface area contributed by atoms with E-state index in [1.54, 1.807) is 0 Å². The average Bonchev–Trinajstić information content (AvgIpc) is 2.26. The van der Waals surface area contributed by atoms with Crippen LogP contribution in [0.25, 0.3) is 0 Å². The van der Waals surface area contributed by atoms with Crippen molar-refractivity contribution in [3.05, 3.63) is 34.9 Å². The van der Waals surface area contributed by atoms with Gasteiger partial charge in [-0.15, -0.1) is 0 Å². The Bertz CT molecular complexity index is 400. The highest BCUT2D eigenvalue weighted by molar-refractivity contribution is 5.29. The van der Waals surface area contributed by atoms with Gasteiger partial charge in [-0.25, -0.2) is 0 Å². The Morgan fingerprint density at radius 3 is 2.00 bits per heavy atom. The lowest BCUT2D eigenvalue weighted by Gasteiger charge is -2.35. The second-order valence-corrected chi connectivity index (χ2v) is 7.51. The summed E-state index contributed by atoms with van der Waals surface area (Å²) in [5.41, 5.74) is 4.54. The molecule has 1 atom stereocenters. The molecule has 1 N–H and O–H groups in total. The molecule has 0 spiro atoms. The van der Waals surface area contributed by atoms with Crippen LogP contribution in [0.4, 0.5) is 0 Å². The van der Waals surface area contributed by atoms with Crippen LogP contribution < -0.4 is 5.32 Å². The van der Waals surface area contributed by atoms with Gasteiger partial charge in [0.2, 0.25) is 0 Å². The zero-order valence-corrected chi connectivity index (χ0v) is 14.5. The smallest absolute Gasteiger partial charge is 0.00109 e. The fourth-order valence-corrected chi connectivity index (χ4v) is 2.75. The topological polar surface area (TPSA) is 12.0 Å². The highest BCUT2D eigenvalue weighted by Crippen LogP contribution is 2.31. The van der Waals surface area contributed by atoms with E-state index >= 15 is 0 Å². The normalized spacial score (nSPS) is 14.8. The maximum absolute atomic E-state index is 3.66. The molecule has 0 aliphatic rings. The Morgan fingerprint density at radius 2 is 1.55 bits per heavy atom. The summed E-state index contributed by atoms with van der Waals surface area (Å²) in [5.74, 6) is 1.38. The van der Waals surface area contributed by atoms with Gasteiger partial charge < -0.3 is 5.32 Å². The first-order valence-corrected chi connectivity index (χ1v) is 8.01. The van der Waals surface area contributed by atoms with Crippen LogP contribution in [-0.2, 0) is 6.42 Å². The van der Waals surface area contributed by atoms with E-state index in [0.717, 1.165) is 19.5 Å². The van der Waals surface area contributed by atoms with E-state index in [9.17, 15) is 0 Å². The van der Waals surface area contributed by atoms with Crippen molar-refractivity contribution in [2.75, 3.05) is 13.1 Å². The van der Waals surface area contributed by atoms with Crippen molar-refractivity contribution >= 4 is 0 Å². The fraction of sp³-hybridized carbons (Fsp3) is 0.684. The third kappa shape index (κ3) is 5.28. The lowest BCUT2D eigenvalue weighted by atomic mass is 9.74. The van der Waals surface area contributed by atoms with E-state index < -0.39 is 0 Å². The Kier molecular flexibility index (Phi) is 6.26. The number of hydrogen-bond donors (Lipinski definition) is 1. The molecule has 0 saturated heterocycles. The second kappa shape index (κ2) is 7.26. The summed E-state index contributed by atoms with van der Waals surface area (Å²) >= 11 is 0. The number of benzene rings is 1. The minimum absolute atomic E-state index is 0.315. The van der Waals surface area contributed by atoms with Crippen molar-refractivity contribution < 1.29 is 0 Å². The summed E-state index contributed by atoms with van der Waals surface area (Å²) in [6.45, 7) is 18.2. The van der Waals surface area contributed by atoms with Crippen molar-refractivity contribution in [1.82, 2.24) is 5.32 Å². The van der Waals surface area contributed by atoms with Crippen LogP contribution >= 0.6 is 0 Å². The van der Waals surface area contributed by atoms with Gasteiger partial charge in [0, 0.05) is 6.54 Å². The first-order valence-electron chi connectivity index (χ1n) is 8.01. The summed E-state index contributed by atoms with van der Waals surface area (Å²) < 4.78 is 0. The number of aryl methyl sites for hydroxylation is 2. The van der Waals surface area contributed by atoms with Gasteiger partial charge in [-0.05, 0) is 49.6 Å². The molecular weight excluding hydrogens is 242 g/mol. The summed E-state index contributed by atoms with van der Waals surface area (Å²) in [4.78, 5) is 0. The lowest BCUT2D eigenvalue weighted by Crippen LogP contribution is -2.39. The third-order valence-corrected chi connectivity index (χ3v) is 4.36. The molecular formula is C19H33N. The van der Waals surface area contributed by atoms with Crippen LogP contribution in [0.15, 0.2) is 18.2 Å². The van der Waals surface area contributed by atoms with Gasteiger partial charge in [-0.3, -0.25) is 0 Å². The molecule has 0 radical (unpaired) electrons. The van der Waals surface area contributed by atoms with E-state index in [1.807, 2.05) is 0 Å². The van der Waals surface area contributed by atoms with Crippen molar-refractivity contribution in [2.45, 2.75) is 54.9 Å². The maximum Gasteiger partial charge on any atom is 0.00109 e. The molecule has 0 aromatic heterocycles. The van der Waals surface area contributed by atoms with Crippen LogP contribution in [0.1, 0.15) is 51.3 Å². The van der Waals surface area contributed by atoms with Gasteiger partial charge in [0.1, 0.15) is 0 Å². The summed E-state index contributed by atoms with van der Waals surface area (Å²) in [6, 6.07) is 6.94. The van der Waals surface area contributed by atoms with E-state index in [1.165, 1.54) is 16.7 Å². The van der Waals surface area contributed by atoms with Gasteiger partial charge in [-0.1, -0.05) is 63.9 Å². The molecule has 1 heteroatoms. The van der Waals surface area contributed by atoms with Crippen LogP contribution in [0.3, 0.4) is 0 Å². The van der Waals surface area contributed by atoms with Crippen LogP contribution in [0.5, 0.6) is 0 Å². The van der Waals surface area contributed by atoms with Gasteiger partial charge >= 0.3 is 0 Å². The van der Waals surface area contributed by atoms with Gasteiger partial charge in [0.05, 0.1) is 0 Å². The van der Waals surface area contributed by atoms with Crippen LogP contribution in [-0.4, -0.2) is 13.1 Å². The Morgan fingerprint density at radius 1 is 1.00 bits per heavy atom. The van der Waals surface area contributed by atoms with Crippen molar-refractivity contribution in [3.8, 4) is 0 Å². The molecule has 1 nitrogen and oxygen atoms in total. The predicted molar refractivity (Wildman–Crippen MR) is 90.3 cm³/mol. The molecule has 0 heterocycles.